The van der Waals surface area contributed by atoms with Crippen molar-refractivity contribution in [3.63, 3.8) is 0 Å². The highest BCUT2D eigenvalue weighted by Gasteiger charge is 2.10. The van der Waals surface area contributed by atoms with Gasteiger partial charge in [0.15, 0.2) is 0 Å². The van der Waals surface area contributed by atoms with Crippen LogP contribution in [0.3, 0.4) is 0 Å². The van der Waals surface area contributed by atoms with Gasteiger partial charge in [0, 0.05) is 5.39 Å². The first-order chi connectivity index (χ1) is 6.24. The maximum atomic E-state index is 6.00. The number of rotatable bonds is 1. The van der Waals surface area contributed by atoms with E-state index in [1.807, 2.05) is 18.2 Å². The summed E-state index contributed by atoms with van der Waals surface area (Å²) in [5.74, 6) is 0.870. The van der Waals surface area contributed by atoms with E-state index in [0.717, 1.165) is 24.6 Å². The standard InChI is InChI=1S/C9H6BrClOS/c1-12-6-4-2-3-5-7(10)9(11)13-8(5)6/h2-4H,1H3. The molecule has 13 heavy (non-hydrogen) atoms. The Morgan fingerprint density at radius 3 is 2.92 bits per heavy atom. The predicted molar refractivity (Wildman–Crippen MR) is 61.1 cm³/mol. The molecule has 0 amide bonds. The van der Waals surface area contributed by atoms with Crippen LogP contribution < -0.4 is 4.74 Å². The monoisotopic (exact) mass is 276 g/mol. The number of hydrogen-bond donors (Lipinski definition) is 0. The molecule has 1 heterocycles. The molecule has 1 nitrogen and oxygen atoms in total. The SMILES string of the molecule is COc1cccc2c(Br)c(Cl)sc12. The van der Waals surface area contributed by atoms with Crippen LogP contribution in [0.1, 0.15) is 0 Å². The minimum Gasteiger partial charge on any atom is -0.495 e. The van der Waals surface area contributed by atoms with Crippen molar-refractivity contribution in [2.45, 2.75) is 0 Å². The largest absolute Gasteiger partial charge is 0.495 e. The van der Waals surface area contributed by atoms with E-state index in [2.05, 4.69) is 15.9 Å². The molecule has 1 aromatic heterocycles. The third-order valence-electron chi connectivity index (χ3n) is 1.80. The van der Waals surface area contributed by atoms with E-state index in [0.29, 0.717) is 0 Å². The fourth-order valence-electron chi connectivity index (χ4n) is 1.19. The Labute approximate surface area is 93.4 Å². The van der Waals surface area contributed by atoms with Crippen molar-refractivity contribution in [2.75, 3.05) is 7.11 Å². The average molecular weight is 278 g/mol. The molecule has 0 saturated carbocycles. The molecule has 0 aliphatic heterocycles. The molecule has 0 atom stereocenters. The van der Waals surface area contributed by atoms with E-state index < -0.39 is 0 Å². The normalized spacial score (nSPS) is 10.7. The van der Waals surface area contributed by atoms with Crippen LogP contribution >= 0.6 is 38.9 Å². The van der Waals surface area contributed by atoms with Gasteiger partial charge in [0.1, 0.15) is 10.1 Å². The number of methoxy groups -OCH3 is 1. The molecule has 4 heteroatoms. The summed E-state index contributed by atoms with van der Waals surface area (Å²) in [6, 6.07) is 5.90. The third-order valence-corrected chi connectivity index (χ3v) is 4.54. The number of halogens is 2. The van der Waals surface area contributed by atoms with E-state index >= 15 is 0 Å². The van der Waals surface area contributed by atoms with Gasteiger partial charge in [0.25, 0.3) is 0 Å². The molecular weight excluding hydrogens is 272 g/mol. The van der Waals surface area contributed by atoms with Crippen LogP contribution in [0.2, 0.25) is 4.34 Å². The summed E-state index contributed by atoms with van der Waals surface area (Å²) < 4.78 is 8.03. The Hall–Kier alpha value is -0.250. The van der Waals surface area contributed by atoms with Crippen LogP contribution in [0.25, 0.3) is 10.1 Å². The Kier molecular flexibility index (Phi) is 2.49. The predicted octanol–water partition coefficient (Wildman–Crippen LogP) is 4.33. The van der Waals surface area contributed by atoms with Crippen LogP contribution in [0, 0.1) is 0 Å². The van der Waals surface area contributed by atoms with E-state index in [4.69, 9.17) is 16.3 Å². The summed E-state index contributed by atoms with van der Waals surface area (Å²) in [4.78, 5) is 0. The van der Waals surface area contributed by atoms with Crippen LogP contribution in [-0.2, 0) is 0 Å². The van der Waals surface area contributed by atoms with Crippen molar-refractivity contribution in [2.24, 2.45) is 0 Å². The molecule has 0 saturated heterocycles. The van der Waals surface area contributed by atoms with E-state index in [1.165, 1.54) is 11.3 Å². The topological polar surface area (TPSA) is 9.23 Å². The van der Waals surface area contributed by atoms with Crippen LogP contribution in [0.4, 0.5) is 0 Å². The summed E-state index contributed by atoms with van der Waals surface area (Å²) >= 11 is 11.0. The molecule has 0 aliphatic rings. The lowest BCUT2D eigenvalue weighted by Crippen LogP contribution is -1.80. The summed E-state index contributed by atoms with van der Waals surface area (Å²) in [5, 5.41) is 1.11. The second-order valence-corrected chi connectivity index (χ2v) is 4.94. The number of fused-ring (bicyclic) bond motifs is 1. The molecule has 0 fully saturated rings. The summed E-state index contributed by atoms with van der Waals surface area (Å²) in [5.41, 5.74) is 0. The Balaban J connectivity index is 2.84. The maximum absolute atomic E-state index is 6.00. The maximum Gasteiger partial charge on any atom is 0.136 e. The second-order valence-electron chi connectivity index (χ2n) is 2.53. The van der Waals surface area contributed by atoms with Gasteiger partial charge in [-0.3, -0.25) is 0 Å². The zero-order valence-electron chi connectivity index (χ0n) is 6.80. The quantitative estimate of drug-likeness (QED) is 0.754. The van der Waals surface area contributed by atoms with Gasteiger partial charge < -0.3 is 4.74 Å². The highest BCUT2D eigenvalue weighted by atomic mass is 79.9. The molecule has 1 aromatic carbocycles. The molecular formula is C9H6BrClOS. The first-order valence-corrected chi connectivity index (χ1v) is 5.63. The van der Waals surface area contributed by atoms with Gasteiger partial charge in [0.2, 0.25) is 0 Å². The number of ether oxygens (including phenoxy) is 1. The first-order valence-electron chi connectivity index (χ1n) is 3.64. The summed E-state index contributed by atoms with van der Waals surface area (Å²) in [6.45, 7) is 0. The van der Waals surface area contributed by atoms with Gasteiger partial charge in [-0.25, -0.2) is 0 Å². The Bertz CT molecular complexity index is 452. The van der Waals surface area contributed by atoms with Crippen LogP contribution in [-0.4, -0.2) is 7.11 Å². The lowest BCUT2D eigenvalue weighted by molar-refractivity contribution is 0.420. The van der Waals surface area contributed by atoms with Crippen molar-refractivity contribution < 1.29 is 4.74 Å². The molecule has 0 unspecified atom stereocenters. The Morgan fingerprint density at radius 2 is 2.23 bits per heavy atom. The van der Waals surface area contributed by atoms with Crippen molar-refractivity contribution in [3.05, 3.63) is 27.0 Å². The summed E-state index contributed by atoms with van der Waals surface area (Å²) in [6.07, 6.45) is 0. The van der Waals surface area contributed by atoms with Crippen molar-refractivity contribution in [1.29, 1.82) is 0 Å². The summed E-state index contributed by atoms with van der Waals surface area (Å²) in [7, 11) is 1.66. The smallest absolute Gasteiger partial charge is 0.136 e. The lowest BCUT2D eigenvalue weighted by Gasteiger charge is -1.99. The molecule has 0 radical (unpaired) electrons. The van der Waals surface area contributed by atoms with Gasteiger partial charge in [0.05, 0.1) is 16.3 Å². The minimum atomic E-state index is 0.763. The van der Waals surface area contributed by atoms with E-state index in [9.17, 15) is 0 Å². The molecule has 0 N–H and O–H groups in total. The van der Waals surface area contributed by atoms with Gasteiger partial charge in [-0.1, -0.05) is 23.7 Å². The average Bonchev–Trinajstić information content (AvgIpc) is 2.43. The molecule has 2 rings (SSSR count). The van der Waals surface area contributed by atoms with E-state index in [-0.39, 0.29) is 0 Å². The van der Waals surface area contributed by atoms with Crippen LogP contribution in [0.15, 0.2) is 22.7 Å². The molecule has 2 aromatic rings. The second kappa shape index (κ2) is 3.48. The van der Waals surface area contributed by atoms with Crippen molar-refractivity contribution in [3.8, 4) is 5.75 Å². The van der Waals surface area contributed by atoms with Crippen molar-refractivity contribution in [1.82, 2.24) is 0 Å². The molecule has 68 valence electrons. The molecule has 0 aliphatic carbocycles. The first kappa shape index (κ1) is 9.31. The van der Waals surface area contributed by atoms with Crippen molar-refractivity contribution >= 4 is 49.0 Å². The lowest BCUT2D eigenvalue weighted by atomic mass is 10.2. The fourth-order valence-corrected chi connectivity index (χ4v) is 3.14. The van der Waals surface area contributed by atoms with Gasteiger partial charge >= 0.3 is 0 Å². The van der Waals surface area contributed by atoms with Gasteiger partial charge in [-0.15, -0.1) is 11.3 Å². The molecule has 0 bridgehead atoms. The fraction of sp³-hybridized carbons (Fsp3) is 0.111. The number of hydrogen-bond acceptors (Lipinski definition) is 2. The van der Waals surface area contributed by atoms with Gasteiger partial charge in [-0.05, 0) is 22.0 Å². The third kappa shape index (κ3) is 1.45. The number of benzene rings is 1. The highest BCUT2D eigenvalue weighted by molar-refractivity contribution is 9.10. The minimum absolute atomic E-state index is 0.763. The Morgan fingerprint density at radius 1 is 1.46 bits per heavy atom. The van der Waals surface area contributed by atoms with Gasteiger partial charge in [-0.2, -0.15) is 0 Å². The highest BCUT2D eigenvalue weighted by Crippen LogP contribution is 2.42. The number of thiophene rings is 1. The zero-order valence-corrected chi connectivity index (χ0v) is 9.96. The molecule has 0 spiro atoms. The van der Waals surface area contributed by atoms with Crippen LogP contribution in [0.5, 0.6) is 5.75 Å². The zero-order chi connectivity index (χ0) is 9.42. The van der Waals surface area contributed by atoms with E-state index in [1.54, 1.807) is 7.11 Å².